The van der Waals surface area contributed by atoms with Crippen molar-refractivity contribution < 1.29 is 9.53 Å². The van der Waals surface area contributed by atoms with E-state index in [0.717, 1.165) is 32.0 Å². The summed E-state index contributed by atoms with van der Waals surface area (Å²) in [5.41, 5.74) is 0.623. The van der Waals surface area contributed by atoms with E-state index in [1.54, 1.807) is 0 Å². The maximum absolute atomic E-state index is 11.2. The van der Waals surface area contributed by atoms with E-state index in [-0.39, 0.29) is 5.97 Å². The van der Waals surface area contributed by atoms with Gasteiger partial charge in [0.25, 0.3) is 0 Å². The molecule has 0 bridgehead atoms. The molecule has 2 aromatic heterocycles. The second-order valence-corrected chi connectivity index (χ2v) is 4.56. The Morgan fingerprint density at radius 1 is 1.30 bits per heavy atom. The lowest BCUT2D eigenvalue weighted by Crippen LogP contribution is -2.48. The lowest BCUT2D eigenvalue weighted by molar-refractivity contribution is -0.142. The van der Waals surface area contributed by atoms with E-state index in [1.165, 1.54) is 11.7 Å². The van der Waals surface area contributed by atoms with Gasteiger partial charge in [-0.05, 0) is 22.6 Å². The molecule has 0 radical (unpaired) electrons. The Balaban J connectivity index is 1.64. The third-order valence-electron chi connectivity index (χ3n) is 3.33. The topological polar surface area (TPSA) is 88.8 Å². The molecule has 2 aromatic rings. The number of rotatable bonds is 3. The molecule has 9 nitrogen and oxygen atoms in total. The summed E-state index contributed by atoms with van der Waals surface area (Å²) in [4.78, 5) is 15.4. The van der Waals surface area contributed by atoms with E-state index in [4.69, 9.17) is 0 Å². The van der Waals surface area contributed by atoms with E-state index in [1.807, 2.05) is 12.1 Å². The van der Waals surface area contributed by atoms with E-state index in [9.17, 15) is 4.79 Å². The van der Waals surface area contributed by atoms with Gasteiger partial charge in [0.1, 0.15) is 0 Å². The highest BCUT2D eigenvalue weighted by Crippen LogP contribution is 2.13. The molecule has 1 saturated heterocycles. The number of hydrogen-bond donors (Lipinski definition) is 0. The van der Waals surface area contributed by atoms with E-state index in [2.05, 4.69) is 35.2 Å². The van der Waals surface area contributed by atoms with Crippen molar-refractivity contribution in [3.8, 4) is 0 Å². The highest BCUT2D eigenvalue weighted by Gasteiger charge is 2.20. The Bertz CT molecular complexity index is 606. The molecule has 0 spiro atoms. The van der Waals surface area contributed by atoms with Crippen molar-refractivity contribution >= 4 is 17.4 Å². The molecule has 0 aromatic carbocycles. The number of hydrogen-bond acceptors (Lipinski definition) is 8. The predicted octanol–water partition coefficient (Wildman–Crippen LogP) is -1.19. The fraction of sp³-hybridized carbons (Fsp3) is 0.545. The molecule has 9 heteroatoms. The summed E-state index contributed by atoms with van der Waals surface area (Å²) in [7, 11) is 1.41. The Morgan fingerprint density at radius 2 is 2.10 bits per heavy atom. The van der Waals surface area contributed by atoms with Crippen LogP contribution in [0.4, 0.5) is 5.82 Å². The first-order chi connectivity index (χ1) is 9.76. The van der Waals surface area contributed by atoms with Crippen LogP contribution in [0.5, 0.6) is 0 Å². The summed E-state index contributed by atoms with van der Waals surface area (Å²) in [5.74, 6) is 0.634. The standard InChI is InChI=1S/C11H15N7O2/c1-20-11(19)8-16-4-6-17(7-5-16)10-3-2-9-12-14-15-18(9)13-10/h2-3H,4-8H2,1H3. The van der Waals surface area contributed by atoms with Gasteiger partial charge in [-0.2, -0.15) is 0 Å². The molecule has 1 aliphatic rings. The number of esters is 1. The Hall–Kier alpha value is -2.29. The van der Waals surface area contributed by atoms with Gasteiger partial charge in [0.15, 0.2) is 11.5 Å². The second kappa shape index (κ2) is 5.37. The van der Waals surface area contributed by atoms with Crippen LogP contribution in [0, 0.1) is 0 Å². The first-order valence-corrected chi connectivity index (χ1v) is 6.36. The SMILES string of the molecule is COC(=O)CN1CCN(c2ccc3nnnn3n2)CC1. The van der Waals surface area contributed by atoms with Gasteiger partial charge < -0.3 is 9.64 Å². The zero-order valence-corrected chi connectivity index (χ0v) is 11.1. The monoisotopic (exact) mass is 277 g/mol. The van der Waals surface area contributed by atoms with Crippen LogP contribution in [-0.2, 0) is 9.53 Å². The van der Waals surface area contributed by atoms with Gasteiger partial charge in [0.05, 0.1) is 13.7 Å². The third kappa shape index (κ3) is 2.52. The van der Waals surface area contributed by atoms with E-state index < -0.39 is 0 Å². The molecule has 3 rings (SSSR count). The van der Waals surface area contributed by atoms with Gasteiger partial charge in [-0.3, -0.25) is 9.69 Å². The number of fused-ring (bicyclic) bond motifs is 1. The fourth-order valence-corrected chi connectivity index (χ4v) is 2.19. The summed E-state index contributed by atoms with van der Waals surface area (Å²) in [5, 5.41) is 15.5. The highest BCUT2D eigenvalue weighted by molar-refractivity contribution is 5.71. The predicted molar refractivity (Wildman–Crippen MR) is 69.2 cm³/mol. The third-order valence-corrected chi connectivity index (χ3v) is 3.33. The van der Waals surface area contributed by atoms with Crippen LogP contribution in [0.2, 0.25) is 0 Å². The number of ether oxygens (including phenoxy) is 1. The van der Waals surface area contributed by atoms with Crippen LogP contribution in [0.3, 0.4) is 0 Å². The average Bonchev–Trinajstić information content (AvgIpc) is 2.95. The number of tetrazole rings is 1. The minimum Gasteiger partial charge on any atom is -0.468 e. The number of anilines is 1. The molecule has 0 amide bonds. The molecule has 106 valence electrons. The molecule has 0 aliphatic carbocycles. The Kier molecular flexibility index (Phi) is 3.42. The van der Waals surface area contributed by atoms with Crippen LogP contribution < -0.4 is 4.90 Å². The van der Waals surface area contributed by atoms with Crippen molar-refractivity contribution in [1.29, 1.82) is 0 Å². The van der Waals surface area contributed by atoms with Gasteiger partial charge in [-0.25, -0.2) is 0 Å². The largest absolute Gasteiger partial charge is 0.468 e. The summed E-state index contributed by atoms with van der Waals surface area (Å²) < 4.78 is 6.08. The van der Waals surface area contributed by atoms with E-state index in [0.29, 0.717) is 12.2 Å². The molecule has 0 saturated carbocycles. The molecule has 20 heavy (non-hydrogen) atoms. The lowest BCUT2D eigenvalue weighted by Gasteiger charge is -2.34. The minimum atomic E-state index is -0.202. The van der Waals surface area contributed by atoms with Crippen LogP contribution in [0.25, 0.3) is 5.65 Å². The Morgan fingerprint density at radius 3 is 2.85 bits per heavy atom. The van der Waals surface area contributed by atoms with E-state index >= 15 is 0 Å². The number of carbonyl (C=O) groups is 1. The van der Waals surface area contributed by atoms with Crippen molar-refractivity contribution in [2.45, 2.75) is 0 Å². The van der Waals surface area contributed by atoms with Gasteiger partial charge in [0, 0.05) is 26.2 Å². The van der Waals surface area contributed by atoms with Crippen LogP contribution in [-0.4, -0.2) is 76.0 Å². The number of aromatic nitrogens is 5. The zero-order valence-electron chi connectivity index (χ0n) is 11.1. The van der Waals surface area contributed by atoms with Crippen molar-refractivity contribution in [3.63, 3.8) is 0 Å². The number of piperazine rings is 1. The van der Waals surface area contributed by atoms with Crippen LogP contribution in [0.1, 0.15) is 0 Å². The molecular weight excluding hydrogens is 262 g/mol. The minimum absolute atomic E-state index is 0.202. The smallest absolute Gasteiger partial charge is 0.319 e. The Labute approximate surface area is 115 Å². The molecular formula is C11H15N7O2. The lowest BCUT2D eigenvalue weighted by atomic mass is 10.3. The molecule has 0 atom stereocenters. The summed E-state index contributed by atoms with van der Waals surface area (Å²) in [6.45, 7) is 3.54. The molecule has 1 fully saturated rings. The van der Waals surface area contributed by atoms with Gasteiger partial charge in [-0.1, -0.05) is 0 Å². The van der Waals surface area contributed by atoms with Crippen molar-refractivity contribution in [2.24, 2.45) is 0 Å². The first-order valence-electron chi connectivity index (χ1n) is 6.36. The number of carbonyl (C=O) groups excluding carboxylic acids is 1. The normalized spacial score (nSPS) is 16.6. The van der Waals surface area contributed by atoms with Crippen LogP contribution in [0.15, 0.2) is 12.1 Å². The van der Waals surface area contributed by atoms with Crippen molar-refractivity contribution in [2.75, 3.05) is 44.7 Å². The molecule has 0 unspecified atom stereocenters. The molecule has 0 N–H and O–H groups in total. The van der Waals surface area contributed by atoms with Gasteiger partial charge >= 0.3 is 5.97 Å². The van der Waals surface area contributed by atoms with Crippen molar-refractivity contribution in [1.82, 2.24) is 30.2 Å². The quantitative estimate of drug-likeness (QED) is 0.647. The average molecular weight is 277 g/mol. The maximum atomic E-state index is 11.2. The highest BCUT2D eigenvalue weighted by atomic mass is 16.5. The zero-order chi connectivity index (χ0) is 13.9. The van der Waals surface area contributed by atoms with Crippen molar-refractivity contribution in [3.05, 3.63) is 12.1 Å². The van der Waals surface area contributed by atoms with Crippen LogP contribution >= 0.6 is 0 Å². The summed E-state index contributed by atoms with van der Waals surface area (Å²) >= 11 is 0. The maximum Gasteiger partial charge on any atom is 0.319 e. The fourth-order valence-electron chi connectivity index (χ4n) is 2.19. The number of nitrogens with zero attached hydrogens (tertiary/aromatic N) is 7. The summed E-state index contributed by atoms with van der Waals surface area (Å²) in [6, 6.07) is 3.74. The number of methoxy groups -OCH3 is 1. The second-order valence-electron chi connectivity index (χ2n) is 4.56. The van der Waals surface area contributed by atoms with Gasteiger partial charge in [0.2, 0.25) is 0 Å². The molecule has 1 aliphatic heterocycles. The first kappa shape index (κ1) is 12.7. The molecule has 3 heterocycles. The summed E-state index contributed by atoms with van der Waals surface area (Å²) in [6.07, 6.45) is 0. The van der Waals surface area contributed by atoms with Gasteiger partial charge in [-0.15, -0.1) is 14.8 Å².